The Hall–Kier alpha value is -1.92. The fourth-order valence-electron chi connectivity index (χ4n) is 3.91. The summed E-state index contributed by atoms with van der Waals surface area (Å²) in [5.41, 5.74) is 1.79. The van der Waals surface area contributed by atoms with Crippen molar-refractivity contribution in [3.63, 3.8) is 0 Å². The Labute approximate surface area is 155 Å². The zero-order chi connectivity index (χ0) is 18.5. The van der Waals surface area contributed by atoms with Gasteiger partial charge in [0.1, 0.15) is 0 Å². The first-order valence-electron chi connectivity index (χ1n) is 9.62. The molecule has 2 aliphatic rings. The molecule has 0 radical (unpaired) electrons. The highest BCUT2D eigenvalue weighted by Crippen LogP contribution is 2.24. The topological polar surface area (TPSA) is 64.7 Å². The normalized spacial score (nSPS) is 21.8. The largest absolute Gasteiger partial charge is 0.351 e. The van der Waals surface area contributed by atoms with Crippen molar-refractivity contribution in [3.05, 3.63) is 29.8 Å². The number of hydrogen-bond acceptors (Lipinski definition) is 4. The second kappa shape index (κ2) is 8.64. The van der Waals surface area contributed by atoms with Crippen LogP contribution in [0.25, 0.3) is 0 Å². The highest BCUT2D eigenvalue weighted by Gasteiger charge is 2.35. The molecule has 0 unspecified atom stereocenters. The average molecular weight is 358 g/mol. The van der Waals surface area contributed by atoms with Crippen LogP contribution in [0.4, 0.5) is 5.69 Å². The SMILES string of the molecule is CC(=O)Nc1ccc(CNC(=O)CN2CC(N3CCCC[C@H]3C)C2)cc1. The van der Waals surface area contributed by atoms with Gasteiger partial charge in [0.25, 0.3) is 0 Å². The van der Waals surface area contributed by atoms with Crippen molar-refractivity contribution in [1.29, 1.82) is 0 Å². The van der Waals surface area contributed by atoms with Crippen LogP contribution in [0.1, 0.15) is 38.7 Å². The maximum absolute atomic E-state index is 12.2. The smallest absolute Gasteiger partial charge is 0.234 e. The van der Waals surface area contributed by atoms with Gasteiger partial charge in [-0.05, 0) is 44.0 Å². The van der Waals surface area contributed by atoms with Crippen LogP contribution in [0.15, 0.2) is 24.3 Å². The van der Waals surface area contributed by atoms with E-state index in [0.717, 1.165) is 24.3 Å². The Morgan fingerprint density at radius 3 is 2.54 bits per heavy atom. The third kappa shape index (κ3) is 5.05. The second-order valence-corrected chi connectivity index (χ2v) is 7.59. The lowest BCUT2D eigenvalue weighted by molar-refractivity contribution is -0.124. The van der Waals surface area contributed by atoms with Crippen LogP contribution in [-0.4, -0.2) is 59.9 Å². The Balaban J connectivity index is 1.35. The van der Waals surface area contributed by atoms with E-state index >= 15 is 0 Å². The van der Waals surface area contributed by atoms with Crippen LogP contribution < -0.4 is 10.6 Å². The summed E-state index contributed by atoms with van der Waals surface area (Å²) in [6, 6.07) is 8.85. The van der Waals surface area contributed by atoms with E-state index < -0.39 is 0 Å². The zero-order valence-corrected chi connectivity index (χ0v) is 15.8. The molecule has 1 atom stereocenters. The molecule has 1 aromatic rings. The summed E-state index contributed by atoms with van der Waals surface area (Å²) < 4.78 is 0. The van der Waals surface area contributed by atoms with Gasteiger partial charge in [-0.2, -0.15) is 0 Å². The summed E-state index contributed by atoms with van der Waals surface area (Å²) in [5.74, 6) is -0.0149. The molecule has 1 aromatic carbocycles. The fourth-order valence-corrected chi connectivity index (χ4v) is 3.91. The molecule has 0 saturated carbocycles. The lowest BCUT2D eigenvalue weighted by atomic mass is 9.97. The first kappa shape index (κ1) is 18.9. The lowest BCUT2D eigenvalue weighted by Gasteiger charge is -2.49. The van der Waals surface area contributed by atoms with Crippen LogP contribution in [0, 0.1) is 0 Å². The first-order valence-corrected chi connectivity index (χ1v) is 9.62. The van der Waals surface area contributed by atoms with Gasteiger partial charge in [0.05, 0.1) is 6.54 Å². The molecular formula is C20H30N4O2. The second-order valence-electron chi connectivity index (χ2n) is 7.59. The van der Waals surface area contributed by atoms with Gasteiger partial charge in [-0.25, -0.2) is 0 Å². The van der Waals surface area contributed by atoms with Gasteiger partial charge in [-0.15, -0.1) is 0 Å². The maximum Gasteiger partial charge on any atom is 0.234 e. The number of anilines is 1. The quantitative estimate of drug-likeness (QED) is 0.814. The Kier molecular flexibility index (Phi) is 6.27. The van der Waals surface area contributed by atoms with Gasteiger partial charge < -0.3 is 10.6 Å². The van der Waals surface area contributed by atoms with Gasteiger partial charge in [0, 0.05) is 44.3 Å². The van der Waals surface area contributed by atoms with E-state index in [9.17, 15) is 9.59 Å². The standard InChI is InChI=1S/C20H30N4O2/c1-15-5-3-4-10-24(15)19-12-23(13-19)14-20(26)21-11-17-6-8-18(9-7-17)22-16(2)25/h6-9,15,19H,3-5,10-14H2,1-2H3,(H,21,26)(H,22,25)/t15-/m1/s1. The zero-order valence-electron chi connectivity index (χ0n) is 15.8. The number of hydrogen-bond donors (Lipinski definition) is 2. The molecule has 0 aromatic heterocycles. The van der Waals surface area contributed by atoms with E-state index in [1.165, 1.54) is 32.7 Å². The first-order chi connectivity index (χ1) is 12.5. The van der Waals surface area contributed by atoms with Crippen molar-refractivity contribution in [2.24, 2.45) is 0 Å². The molecular weight excluding hydrogens is 328 g/mol. The number of carbonyl (C=O) groups excluding carboxylic acids is 2. The van der Waals surface area contributed by atoms with Gasteiger partial charge in [-0.1, -0.05) is 18.6 Å². The summed E-state index contributed by atoms with van der Waals surface area (Å²) >= 11 is 0. The van der Waals surface area contributed by atoms with E-state index in [2.05, 4.69) is 27.4 Å². The Morgan fingerprint density at radius 1 is 1.15 bits per heavy atom. The van der Waals surface area contributed by atoms with Crippen LogP contribution in [0.2, 0.25) is 0 Å². The van der Waals surface area contributed by atoms with Gasteiger partial charge >= 0.3 is 0 Å². The predicted molar refractivity (Wildman–Crippen MR) is 103 cm³/mol. The number of nitrogens with zero attached hydrogens (tertiary/aromatic N) is 2. The lowest BCUT2D eigenvalue weighted by Crippen LogP contribution is -2.63. The number of amides is 2. The van der Waals surface area contributed by atoms with Crippen molar-refractivity contribution in [1.82, 2.24) is 15.1 Å². The molecule has 2 fully saturated rings. The summed E-state index contributed by atoms with van der Waals surface area (Å²) in [7, 11) is 0. The van der Waals surface area contributed by atoms with Crippen molar-refractivity contribution in [3.8, 4) is 0 Å². The highest BCUT2D eigenvalue weighted by molar-refractivity contribution is 5.88. The highest BCUT2D eigenvalue weighted by atomic mass is 16.2. The molecule has 2 saturated heterocycles. The fraction of sp³-hybridized carbons (Fsp3) is 0.600. The summed E-state index contributed by atoms with van der Waals surface area (Å²) in [5, 5.41) is 5.72. The molecule has 2 heterocycles. The molecule has 0 bridgehead atoms. The number of carbonyl (C=O) groups is 2. The molecule has 0 spiro atoms. The minimum atomic E-state index is -0.0853. The third-order valence-electron chi connectivity index (χ3n) is 5.39. The number of benzene rings is 1. The van der Waals surface area contributed by atoms with Crippen LogP contribution in [0.3, 0.4) is 0 Å². The predicted octanol–water partition coefficient (Wildman–Crippen LogP) is 1.82. The van der Waals surface area contributed by atoms with E-state index in [0.29, 0.717) is 25.2 Å². The van der Waals surface area contributed by atoms with Crippen LogP contribution in [0.5, 0.6) is 0 Å². The van der Waals surface area contributed by atoms with Gasteiger partial charge in [-0.3, -0.25) is 19.4 Å². The average Bonchev–Trinajstić information content (AvgIpc) is 2.57. The summed E-state index contributed by atoms with van der Waals surface area (Å²) in [6.07, 6.45) is 3.96. The summed E-state index contributed by atoms with van der Waals surface area (Å²) in [6.45, 7) is 8.02. The Morgan fingerprint density at radius 2 is 1.88 bits per heavy atom. The van der Waals surface area contributed by atoms with Crippen molar-refractivity contribution in [2.45, 2.75) is 51.7 Å². The molecule has 142 valence electrons. The van der Waals surface area contributed by atoms with E-state index in [4.69, 9.17) is 0 Å². The Bertz CT molecular complexity index is 625. The number of likely N-dealkylation sites (tertiary alicyclic amines) is 2. The molecule has 3 rings (SSSR count). The molecule has 2 N–H and O–H groups in total. The van der Waals surface area contributed by atoms with Crippen molar-refractivity contribution < 1.29 is 9.59 Å². The van der Waals surface area contributed by atoms with E-state index in [1.807, 2.05) is 24.3 Å². The minimum Gasteiger partial charge on any atom is -0.351 e. The monoisotopic (exact) mass is 358 g/mol. The molecule has 0 aliphatic carbocycles. The molecule has 2 amide bonds. The van der Waals surface area contributed by atoms with Crippen LogP contribution in [-0.2, 0) is 16.1 Å². The molecule has 2 aliphatic heterocycles. The minimum absolute atomic E-state index is 0.0704. The van der Waals surface area contributed by atoms with Gasteiger partial charge in [0.15, 0.2) is 0 Å². The van der Waals surface area contributed by atoms with Crippen molar-refractivity contribution >= 4 is 17.5 Å². The maximum atomic E-state index is 12.2. The molecule has 6 nitrogen and oxygen atoms in total. The number of piperidine rings is 1. The van der Waals surface area contributed by atoms with Crippen LogP contribution >= 0.6 is 0 Å². The third-order valence-corrected chi connectivity index (χ3v) is 5.39. The molecule has 6 heteroatoms. The van der Waals surface area contributed by atoms with E-state index in [-0.39, 0.29) is 11.8 Å². The molecule has 26 heavy (non-hydrogen) atoms. The number of nitrogens with one attached hydrogen (secondary N) is 2. The van der Waals surface area contributed by atoms with Crippen molar-refractivity contribution in [2.75, 3.05) is 31.5 Å². The van der Waals surface area contributed by atoms with E-state index in [1.54, 1.807) is 0 Å². The number of rotatable bonds is 6. The summed E-state index contributed by atoms with van der Waals surface area (Å²) in [4.78, 5) is 28.0. The van der Waals surface area contributed by atoms with Gasteiger partial charge in [0.2, 0.25) is 11.8 Å².